The predicted octanol–water partition coefficient (Wildman–Crippen LogP) is 8.86. The van der Waals surface area contributed by atoms with Gasteiger partial charge >= 0.3 is 0 Å². The van der Waals surface area contributed by atoms with Crippen molar-refractivity contribution in [3.05, 3.63) is 119 Å². The molecular formula is C56H70N6O8S. The van der Waals surface area contributed by atoms with E-state index in [1.54, 1.807) is 29.5 Å². The van der Waals surface area contributed by atoms with Gasteiger partial charge in [-0.15, -0.1) is 11.3 Å². The van der Waals surface area contributed by atoms with E-state index in [0.29, 0.717) is 39.3 Å². The lowest BCUT2D eigenvalue weighted by molar-refractivity contribution is -0.141. The third-order valence-corrected chi connectivity index (χ3v) is 14.3. The molecule has 14 nitrogen and oxygen atoms in total. The first kappa shape index (κ1) is 52.6. The number of hydrogen-bond donors (Lipinski definition) is 4. The molecule has 2 saturated heterocycles. The number of amides is 3. The molecule has 0 saturated carbocycles. The summed E-state index contributed by atoms with van der Waals surface area (Å²) >= 11 is 1.64. The van der Waals surface area contributed by atoms with Crippen molar-refractivity contribution < 1.29 is 38.8 Å². The molecule has 4 N–H and O–H groups in total. The second-order valence-corrected chi connectivity index (χ2v) is 20.5. The van der Waals surface area contributed by atoms with Gasteiger partial charge in [0.25, 0.3) is 0 Å². The summed E-state index contributed by atoms with van der Waals surface area (Å²) in [5, 5.41) is 26.6. The first-order chi connectivity index (χ1) is 34.2. The number of thiazole rings is 1. The number of rotatable bonds is 19. The number of nitrogens with zero attached hydrogens (tertiary/aromatic N) is 4. The first-order valence-corrected chi connectivity index (χ1v) is 25.6. The molecule has 71 heavy (non-hydrogen) atoms. The standard InChI is InChI=1S/C44H58N4O7.C12H12N2OS/c1-30-7-6-20-47(30)43(52)42(44(3,4)5)45-40(51)29-53-25-26-55-37-18-21-46(22-19-37)23-24-54-36-15-8-32(9-16-36)28-48-39-17-14-35(50)27-38(39)31(2)41(48)33-10-12-34(49)13-11-33;1-9-12(16-8-14-9)11-4-2-10(3-5-11)6-13-7-15/h8-17,27,30,37,42,49-50H,6-7,18-26,28-29H2,1-5H3,(H,45,51);2-5,7-8H,6H2,1H3,(H,13,15). The van der Waals surface area contributed by atoms with Crippen molar-refractivity contribution in [1.29, 1.82) is 0 Å². The number of phenolic OH excluding ortho intramolecular Hbond substituents is 2. The maximum Gasteiger partial charge on any atom is 0.246 e. The number of phenols is 2. The van der Waals surface area contributed by atoms with Crippen LogP contribution in [0.4, 0.5) is 0 Å². The van der Waals surface area contributed by atoms with Crippen LogP contribution in [0.2, 0.25) is 0 Å². The monoisotopic (exact) mass is 986 g/mol. The Morgan fingerprint density at radius 1 is 0.859 bits per heavy atom. The Kier molecular flexibility index (Phi) is 18.3. The molecule has 6 aromatic rings. The molecule has 378 valence electrons. The fourth-order valence-corrected chi connectivity index (χ4v) is 10.2. The maximum absolute atomic E-state index is 13.2. The van der Waals surface area contributed by atoms with Crippen molar-refractivity contribution >= 4 is 40.5 Å². The van der Waals surface area contributed by atoms with Crippen molar-refractivity contribution in [1.82, 2.24) is 30.0 Å². The van der Waals surface area contributed by atoms with Crippen molar-refractivity contribution in [2.24, 2.45) is 5.41 Å². The smallest absolute Gasteiger partial charge is 0.246 e. The van der Waals surface area contributed by atoms with Crippen LogP contribution in [-0.4, -0.2) is 119 Å². The zero-order valence-electron chi connectivity index (χ0n) is 42.0. The average Bonchev–Trinajstić information content (AvgIpc) is 4.07. The molecule has 0 aliphatic carbocycles. The number of ether oxygens (including phenoxy) is 3. The molecular weight excluding hydrogens is 917 g/mol. The normalized spacial score (nSPS) is 15.8. The summed E-state index contributed by atoms with van der Waals surface area (Å²) < 4.78 is 20.1. The zero-order chi connectivity index (χ0) is 50.5. The lowest BCUT2D eigenvalue weighted by Gasteiger charge is -2.35. The first-order valence-electron chi connectivity index (χ1n) is 24.7. The fourth-order valence-electron chi connectivity index (χ4n) is 9.36. The largest absolute Gasteiger partial charge is 0.508 e. The number of piperidine rings is 1. The Morgan fingerprint density at radius 2 is 1.55 bits per heavy atom. The van der Waals surface area contributed by atoms with Crippen LogP contribution >= 0.6 is 11.3 Å². The average molecular weight is 987 g/mol. The van der Waals surface area contributed by atoms with Crippen LogP contribution in [0.15, 0.2) is 96.5 Å². The molecule has 2 fully saturated rings. The fraction of sp³-hybridized carbons (Fsp3) is 0.429. The second kappa shape index (κ2) is 24.7. The zero-order valence-corrected chi connectivity index (χ0v) is 42.8. The predicted molar refractivity (Wildman–Crippen MR) is 280 cm³/mol. The van der Waals surface area contributed by atoms with Crippen LogP contribution in [0.3, 0.4) is 0 Å². The molecule has 8 rings (SSSR count). The van der Waals surface area contributed by atoms with Crippen LogP contribution < -0.4 is 15.4 Å². The highest BCUT2D eigenvalue weighted by atomic mass is 32.1. The Bertz CT molecular complexity index is 2670. The van der Waals surface area contributed by atoms with Gasteiger partial charge in [-0.25, -0.2) is 4.98 Å². The van der Waals surface area contributed by atoms with E-state index >= 15 is 0 Å². The number of hydrogen-bond acceptors (Lipinski definition) is 11. The van der Waals surface area contributed by atoms with Gasteiger partial charge in [0.1, 0.15) is 36.5 Å². The van der Waals surface area contributed by atoms with Crippen molar-refractivity contribution in [2.75, 3.05) is 52.6 Å². The number of aromatic hydroxyl groups is 2. The van der Waals surface area contributed by atoms with E-state index in [9.17, 15) is 24.6 Å². The minimum Gasteiger partial charge on any atom is -0.508 e. The molecule has 2 unspecified atom stereocenters. The van der Waals surface area contributed by atoms with E-state index in [-0.39, 0.29) is 42.1 Å². The summed E-state index contributed by atoms with van der Waals surface area (Å²) in [4.78, 5) is 45.8. The third-order valence-electron chi connectivity index (χ3n) is 13.3. The highest BCUT2D eigenvalue weighted by Crippen LogP contribution is 2.36. The lowest BCUT2D eigenvalue weighted by Crippen LogP contribution is -2.56. The van der Waals surface area contributed by atoms with Gasteiger partial charge in [-0.2, -0.15) is 0 Å². The van der Waals surface area contributed by atoms with Gasteiger partial charge in [-0.05, 0) is 134 Å². The number of aryl methyl sites for hydroxylation is 2. The number of aromatic nitrogens is 2. The Balaban J connectivity index is 0.000000391. The molecule has 3 amide bonds. The Labute approximate surface area is 422 Å². The topological polar surface area (TPSA) is 168 Å². The molecule has 2 aliphatic heterocycles. The number of benzene rings is 4. The van der Waals surface area contributed by atoms with E-state index in [0.717, 1.165) is 102 Å². The number of likely N-dealkylation sites (tertiary alicyclic amines) is 2. The van der Waals surface area contributed by atoms with Crippen molar-refractivity contribution in [3.8, 4) is 38.9 Å². The Morgan fingerprint density at radius 3 is 2.20 bits per heavy atom. The highest BCUT2D eigenvalue weighted by Gasteiger charge is 2.38. The van der Waals surface area contributed by atoms with E-state index in [1.165, 1.54) is 10.4 Å². The molecule has 4 aromatic carbocycles. The van der Waals surface area contributed by atoms with Gasteiger partial charge in [-0.3, -0.25) is 19.3 Å². The van der Waals surface area contributed by atoms with E-state index in [4.69, 9.17) is 14.2 Å². The lowest BCUT2D eigenvalue weighted by atomic mass is 9.85. The van der Waals surface area contributed by atoms with Crippen molar-refractivity contribution in [3.63, 3.8) is 0 Å². The molecule has 4 heterocycles. The summed E-state index contributed by atoms with van der Waals surface area (Å²) in [6.07, 6.45) is 4.73. The number of fused-ring (bicyclic) bond motifs is 1. The van der Waals surface area contributed by atoms with Crippen LogP contribution in [0.5, 0.6) is 17.2 Å². The van der Waals surface area contributed by atoms with Gasteiger partial charge in [0.15, 0.2) is 0 Å². The SMILES string of the molecule is Cc1c(-c2ccc(O)cc2)n(Cc2ccc(OCCN3CCC(OCCOCC(=O)NC(C(=O)N4CCCC4C)C(C)(C)C)CC3)cc2)c2ccc(O)cc12.Cc1ncsc1-c1ccc(CNC=O)cc1. The molecule has 0 bridgehead atoms. The summed E-state index contributed by atoms with van der Waals surface area (Å²) in [5.74, 6) is 0.991. The van der Waals surface area contributed by atoms with Crippen LogP contribution in [0.1, 0.15) is 75.8 Å². The summed E-state index contributed by atoms with van der Waals surface area (Å²) in [6, 6.07) is 28.7. The summed E-state index contributed by atoms with van der Waals surface area (Å²) in [7, 11) is 0. The van der Waals surface area contributed by atoms with E-state index in [1.807, 2.05) is 86.6 Å². The van der Waals surface area contributed by atoms with Gasteiger partial charge in [0, 0.05) is 56.2 Å². The number of nitrogens with one attached hydrogen (secondary N) is 2. The third kappa shape index (κ3) is 14.2. The minimum absolute atomic E-state index is 0.0132. The molecule has 2 aliphatic rings. The number of carbonyl (C=O) groups excluding carboxylic acids is 3. The van der Waals surface area contributed by atoms with Gasteiger partial charge in [0.2, 0.25) is 18.2 Å². The van der Waals surface area contributed by atoms with E-state index < -0.39 is 11.5 Å². The second-order valence-electron chi connectivity index (χ2n) is 19.6. The molecule has 2 aromatic heterocycles. The van der Waals surface area contributed by atoms with Crippen LogP contribution in [0, 0.1) is 19.3 Å². The molecule has 2 atom stereocenters. The molecule has 0 radical (unpaired) electrons. The quantitative estimate of drug-likeness (QED) is 0.0455. The maximum atomic E-state index is 13.2. The summed E-state index contributed by atoms with van der Waals surface area (Å²) in [6.45, 7) is 18.0. The van der Waals surface area contributed by atoms with Crippen molar-refractivity contribution in [2.45, 2.75) is 98.5 Å². The summed E-state index contributed by atoms with van der Waals surface area (Å²) in [5.41, 5.74) is 10.1. The van der Waals surface area contributed by atoms with Gasteiger partial charge in [-0.1, -0.05) is 57.2 Å². The highest BCUT2D eigenvalue weighted by molar-refractivity contribution is 7.13. The molecule has 15 heteroatoms. The van der Waals surface area contributed by atoms with E-state index in [2.05, 4.69) is 63.2 Å². The number of carbonyl (C=O) groups is 3. The Hall–Kier alpha value is -6.26. The van der Waals surface area contributed by atoms with Crippen LogP contribution in [-0.2, 0) is 36.9 Å². The van der Waals surface area contributed by atoms with Gasteiger partial charge in [0.05, 0.1) is 41.1 Å². The van der Waals surface area contributed by atoms with Gasteiger partial charge < -0.3 is 44.5 Å². The van der Waals surface area contributed by atoms with Crippen LogP contribution in [0.25, 0.3) is 32.6 Å². The minimum atomic E-state index is -0.589. The molecule has 0 spiro atoms.